The molecule has 1 heterocycles. The molecule has 0 aromatic carbocycles. The summed E-state index contributed by atoms with van der Waals surface area (Å²) in [6.07, 6.45) is 5.14. The molecular formula is C10H15N5O. The fourth-order valence-electron chi connectivity index (χ4n) is 2.30. The maximum absolute atomic E-state index is 11.7. The molecule has 1 aromatic rings. The van der Waals surface area contributed by atoms with Crippen molar-refractivity contribution in [1.82, 2.24) is 20.5 Å². The van der Waals surface area contributed by atoms with E-state index in [1.54, 1.807) is 0 Å². The predicted octanol–water partition coefficient (Wildman–Crippen LogP) is 0.307. The molecule has 2 aliphatic carbocycles. The SMILES string of the molecule is Nc1n[nH]c(C(=O)NCC2(C3CC3)CC2)n1. The molecule has 0 atom stereocenters. The van der Waals surface area contributed by atoms with Crippen LogP contribution in [0.2, 0.25) is 0 Å². The Morgan fingerprint density at radius 3 is 2.81 bits per heavy atom. The van der Waals surface area contributed by atoms with Crippen molar-refractivity contribution in [3.05, 3.63) is 5.82 Å². The topological polar surface area (TPSA) is 96.7 Å². The second kappa shape index (κ2) is 3.20. The molecule has 2 fully saturated rings. The van der Waals surface area contributed by atoms with E-state index in [0.717, 1.165) is 12.5 Å². The van der Waals surface area contributed by atoms with Crippen LogP contribution < -0.4 is 11.1 Å². The standard InChI is InChI=1S/C10H15N5O/c11-9-13-7(14-15-9)8(16)12-5-10(3-4-10)6-1-2-6/h6H,1-5H2,(H,12,16)(H3,11,13,14,15). The molecular weight excluding hydrogens is 206 g/mol. The van der Waals surface area contributed by atoms with E-state index in [4.69, 9.17) is 5.73 Å². The van der Waals surface area contributed by atoms with Crippen LogP contribution in [0.1, 0.15) is 36.3 Å². The molecule has 0 unspecified atom stereocenters. The summed E-state index contributed by atoms with van der Waals surface area (Å²) in [7, 11) is 0. The number of anilines is 1. The summed E-state index contributed by atoms with van der Waals surface area (Å²) < 4.78 is 0. The van der Waals surface area contributed by atoms with Crippen LogP contribution in [0.3, 0.4) is 0 Å². The van der Waals surface area contributed by atoms with Gasteiger partial charge in [0.25, 0.3) is 5.91 Å². The minimum Gasteiger partial charge on any atom is -0.366 e. The van der Waals surface area contributed by atoms with Gasteiger partial charge in [-0.25, -0.2) is 0 Å². The van der Waals surface area contributed by atoms with E-state index < -0.39 is 0 Å². The molecule has 0 radical (unpaired) electrons. The number of carbonyl (C=O) groups excluding carboxylic acids is 1. The van der Waals surface area contributed by atoms with Gasteiger partial charge in [0.15, 0.2) is 0 Å². The predicted molar refractivity (Wildman–Crippen MR) is 57.5 cm³/mol. The summed E-state index contributed by atoms with van der Waals surface area (Å²) in [6, 6.07) is 0. The van der Waals surface area contributed by atoms with E-state index in [1.807, 2.05) is 0 Å². The van der Waals surface area contributed by atoms with E-state index in [9.17, 15) is 4.79 Å². The molecule has 6 heteroatoms. The van der Waals surface area contributed by atoms with Crippen LogP contribution in [0.5, 0.6) is 0 Å². The second-order valence-electron chi connectivity index (χ2n) is 4.86. The average molecular weight is 221 g/mol. The zero-order valence-corrected chi connectivity index (χ0v) is 8.99. The van der Waals surface area contributed by atoms with Crippen molar-refractivity contribution >= 4 is 11.9 Å². The summed E-state index contributed by atoms with van der Waals surface area (Å²) >= 11 is 0. The number of amides is 1. The van der Waals surface area contributed by atoms with E-state index >= 15 is 0 Å². The van der Waals surface area contributed by atoms with Gasteiger partial charge >= 0.3 is 0 Å². The summed E-state index contributed by atoms with van der Waals surface area (Å²) in [5, 5.41) is 9.04. The number of aromatic nitrogens is 3. The fraction of sp³-hybridized carbons (Fsp3) is 0.700. The Balaban J connectivity index is 1.57. The number of carbonyl (C=O) groups is 1. The van der Waals surface area contributed by atoms with Crippen LogP contribution >= 0.6 is 0 Å². The van der Waals surface area contributed by atoms with Crippen molar-refractivity contribution in [2.45, 2.75) is 25.7 Å². The highest BCUT2D eigenvalue weighted by molar-refractivity contribution is 5.90. The molecule has 16 heavy (non-hydrogen) atoms. The molecule has 2 aliphatic rings. The van der Waals surface area contributed by atoms with Crippen LogP contribution in [0.4, 0.5) is 5.95 Å². The Bertz CT molecular complexity index is 419. The molecule has 0 saturated heterocycles. The van der Waals surface area contributed by atoms with Gasteiger partial charge in [-0.1, -0.05) is 0 Å². The van der Waals surface area contributed by atoms with Crippen molar-refractivity contribution in [2.24, 2.45) is 11.3 Å². The minimum atomic E-state index is -0.212. The normalized spacial score (nSPS) is 21.8. The van der Waals surface area contributed by atoms with E-state index in [1.165, 1.54) is 25.7 Å². The Hall–Kier alpha value is -1.59. The lowest BCUT2D eigenvalue weighted by molar-refractivity contribution is 0.0932. The first-order valence-electron chi connectivity index (χ1n) is 5.66. The Kier molecular flexibility index (Phi) is 1.92. The van der Waals surface area contributed by atoms with Crippen molar-refractivity contribution in [3.8, 4) is 0 Å². The van der Waals surface area contributed by atoms with Crippen LogP contribution in [0.15, 0.2) is 0 Å². The molecule has 0 bridgehead atoms. The van der Waals surface area contributed by atoms with Gasteiger partial charge in [-0.3, -0.25) is 9.89 Å². The quantitative estimate of drug-likeness (QED) is 0.681. The fourth-order valence-corrected chi connectivity index (χ4v) is 2.30. The highest BCUT2D eigenvalue weighted by atomic mass is 16.2. The minimum absolute atomic E-state index is 0.105. The average Bonchev–Trinajstić information content (AvgIpc) is 3.14. The van der Waals surface area contributed by atoms with Crippen LogP contribution in [0.25, 0.3) is 0 Å². The summed E-state index contributed by atoms with van der Waals surface area (Å²) in [6.45, 7) is 0.761. The third-order valence-electron chi connectivity index (χ3n) is 3.65. The first kappa shape index (κ1) is 9.62. The number of hydrogen-bond donors (Lipinski definition) is 3. The van der Waals surface area contributed by atoms with Crippen LogP contribution in [0, 0.1) is 11.3 Å². The lowest BCUT2D eigenvalue weighted by Gasteiger charge is -2.13. The number of aromatic amines is 1. The maximum Gasteiger partial charge on any atom is 0.288 e. The van der Waals surface area contributed by atoms with E-state index in [0.29, 0.717) is 5.41 Å². The van der Waals surface area contributed by atoms with Gasteiger partial charge in [0.1, 0.15) is 0 Å². The molecule has 4 N–H and O–H groups in total. The van der Waals surface area contributed by atoms with Crippen LogP contribution in [-0.4, -0.2) is 27.6 Å². The Morgan fingerprint density at radius 1 is 1.56 bits per heavy atom. The first-order valence-corrected chi connectivity index (χ1v) is 5.66. The first-order chi connectivity index (χ1) is 7.70. The summed E-state index contributed by atoms with van der Waals surface area (Å²) in [5.41, 5.74) is 5.74. The summed E-state index contributed by atoms with van der Waals surface area (Å²) in [4.78, 5) is 15.5. The van der Waals surface area contributed by atoms with Gasteiger partial charge in [-0.05, 0) is 37.0 Å². The number of nitrogen functional groups attached to an aromatic ring is 1. The largest absolute Gasteiger partial charge is 0.366 e. The molecule has 1 aromatic heterocycles. The number of hydrogen-bond acceptors (Lipinski definition) is 4. The molecule has 3 rings (SSSR count). The van der Waals surface area contributed by atoms with Gasteiger partial charge in [-0.2, -0.15) is 4.98 Å². The Morgan fingerprint density at radius 2 is 2.31 bits per heavy atom. The van der Waals surface area contributed by atoms with Crippen molar-refractivity contribution in [3.63, 3.8) is 0 Å². The van der Waals surface area contributed by atoms with Crippen molar-refractivity contribution in [2.75, 3.05) is 12.3 Å². The molecule has 0 spiro atoms. The second-order valence-corrected chi connectivity index (χ2v) is 4.86. The number of rotatable bonds is 4. The third-order valence-corrected chi connectivity index (χ3v) is 3.65. The van der Waals surface area contributed by atoms with Gasteiger partial charge in [0.05, 0.1) is 0 Å². The van der Waals surface area contributed by atoms with E-state index in [-0.39, 0.29) is 17.7 Å². The molecule has 2 saturated carbocycles. The van der Waals surface area contributed by atoms with Gasteiger partial charge in [0.2, 0.25) is 11.8 Å². The lowest BCUT2D eigenvalue weighted by Crippen LogP contribution is -2.31. The van der Waals surface area contributed by atoms with E-state index in [2.05, 4.69) is 20.5 Å². The number of H-pyrrole nitrogens is 1. The zero-order chi connectivity index (χ0) is 11.2. The van der Waals surface area contributed by atoms with Gasteiger partial charge < -0.3 is 11.1 Å². The van der Waals surface area contributed by atoms with Crippen molar-refractivity contribution in [1.29, 1.82) is 0 Å². The maximum atomic E-state index is 11.7. The van der Waals surface area contributed by atoms with Gasteiger partial charge in [-0.15, -0.1) is 5.10 Å². The molecule has 0 aliphatic heterocycles. The molecule has 1 amide bonds. The third kappa shape index (κ3) is 1.64. The highest BCUT2D eigenvalue weighted by Crippen LogP contribution is 2.60. The Labute approximate surface area is 93.0 Å². The number of nitrogens with one attached hydrogen (secondary N) is 2. The van der Waals surface area contributed by atoms with Crippen molar-refractivity contribution < 1.29 is 4.79 Å². The van der Waals surface area contributed by atoms with Crippen LogP contribution in [-0.2, 0) is 0 Å². The smallest absolute Gasteiger partial charge is 0.288 e. The molecule has 6 nitrogen and oxygen atoms in total. The number of nitrogens with zero attached hydrogens (tertiary/aromatic N) is 2. The number of nitrogens with two attached hydrogens (primary N) is 1. The monoisotopic (exact) mass is 221 g/mol. The zero-order valence-electron chi connectivity index (χ0n) is 8.99. The molecule has 86 valence electrons. The summed E-state index contributed by atoms with van der Waals surface area (Å²) in [5.74, 6) is 0.932. The lowest BCUT2D eigenvalue weighted by atomic mass is 10.0. The highest BCUT2D eigenvalue weighted by Gasteiger charge is 2.53. The van der Waals surface area contributed by atoms with Gasteiger partial charge in [0, 0.05) is 6.54 Å².